The van der Waals surface area contributed by atoms with Crippen LogP contribution < -0.4 is 5.32 Å². The van der Waals surface area contributed by atoms with Crippen molar-refractivity contribution in [1.29, 1.82) is 0 Å². The molecule has 0 fully saturated rings. The highest BCUT2D eigenvalue weighted by Gasteiger charge is 2.20. The Morgan fingerprint density at radius 1 is 1.33 bits per heavy atom. The van der Waals surface area contributed by atoms with E-state index in [1.165, 1.54) is 17.5 Å². The summed E-state index contributed by atoms with van der Waals surface area (Å²) in [4.78, 5) is 0. The predicted molar refractivity (Wildman–Crippen MR) is 83.4 cm³/mol. The van der Waals surface area contributed by atoms with Crippen LogP contribution >= 0.6 is 0 Å². The summed E-state index contributed by atoms with van der Waals surface area (Å²) in [6.07, 6.45) is 3.02. The minimum Gasteiger partial charge on any atom is -0.389 e. The standard InChI is InChI=1S/C17H27NO3/c1-13(11-20-2)21-12-15(19)10-18-17-9-5-7-14-6-3-4-8-16(14)17/h3-4,6,8,13,15,17-19H,5,7,9-12H2,1-2H3. The van der Waals surface area contributed by atoms with Crippen molar-refractivity contribution >= 4 is 0 Å². The summed E-state index contributed by atoms with van der Waals surface area (Å²) < 4.78 is 10.5. The highest BCUT2D eigenvalue weighted by atomic mass is 16.5. The Morgan fingerprint density at radius 2 is 2.14 bits per heavy atom. The maximum atomic E-state index is 10.0. The molecule has 3 atom stereocenters. The molecule has 1 aliphatic carbocycles. The van der Waals surface area contributed by atoms with Crippen molar-refractivity contribution in [3.8, 4) is 0 Å². The maximum absolute atomic E-state index is 10.0. The summed E-state index contributed by atoms with van der Waals surface area (Å²) in [5.74, 6) is 0. The van der Waals surface area contributed by atoms with E-state index in [-0.39, 0.29) is 6.10 Å². The predicted octanol–water partition coefficient (Wildman–Crippen LogP) is 2.07. The number of aliphatic hydroxyl groups excluding tert-OH is 1. The maximum Gasteiger partial charge on any atom is 0.0898 e. The van der Waals surface area contributed by atoms with Crippen molar-refractivity contribution in [2.24, 2.45) is 0 Å². The highest BCUT2D eigenvalue weighted by molar-refractivity contribution is 5.32. The van der Waals surface area contributed by atoms with Gasteiger partial charge in [-0.2, -0.15) is 0 Å². The Kier molecular flexibility index (Phi) is 6.64. The van der Waals surface area contributed by atoms with E-state index < -0.39 is 6.10 Å². The Hall–Kier alpha value is -0.940. The molecular weight excluding hydrogens is 266 g/mol. The van der Waals surface area contributed by atoms with Gasteiger partial charge in [0.1, 0.15) is 0 Å². The largest absolute Gasteiger partial charge is 0.389 e. The lowest BCUT2D eigenvalue weighted by atomic mass is 9.88. The zero-order chi connectivity index (χ0) is 15.1. The van der Waals surface area contributed by atoms with Gasteiger partial charge < -0.3 is 19.9 Å². The van der Waals surface area contributed by atoms with E-state index in [4.69, 9.17) is 9.47 Å². The van der Waals surface area contributed by atoms with Crippen molar-refractivity contribution in [1.82, 2.24) is 5.32 Å². The summed E-state index contributed by atoms with van der Waals surface area (Å²) in [5.41, 5.74) is 2.81. The molecule has 21 heavy (non-hydrogen) atoms. The second-order valence-corrected chi connectivity index (χ2v) is 5.80. The van der Waals surface area contributed by atoms with Crippen LogP contribution in [0.2, 0.25) is 0 Å². The average molecular weight is 293 g/mol. The number of rotatable bonds is 8. The molecule has 0 bridgehead atoms. The van der Waals surface area contributed by atoms with Gasteiger partial charge in [0.2, 0.25) is 0 Å². The lowest BCUT2D eigenvalue weighted by molar-refractivity contribution is -0.0317. The third kappa shape index (κ3) is 5.08. The SMILES string of the molecule is COCC(C)OCC(O)CNC1CCCc2ccccc21. The molecule has 1 aromatic carbocycles. The van der Waals surface area contributed by atoms with Crippen molar-refractivity contribution in [2.75, 3.05) is 26.9 Å². The van der Waals surface area contributed by atoms with Gasteiger partial charge in [-0.05, 0) is 37.3 Å². The lowest BCUT2D eigenvalue weighted by Crippen LogP contribution is -2.35. The molecule has 0 aromatic heterocycles. The number of ether oxygens (including phenoxy) is 2. The fourth-order valence-corrected chi connectivity index (χ4v) is 2.86. The van der Waals surface area contributed by atoms with E-state index in [1.54, 1.807) is 7.11 Å². The summed E-state index contributed by atoms with van der Waals surface area (Å²) in [5, 5.41) is 13.5. The monoisotopic (exact) mass is 293 g/mol. The second-order valence-electron chi connectivity index (χ2n) is 5.80. The van der Waals surface area contributed by atoms with Crippen LogP contribution in [0.3, 0.4) is 0 Å². The molecule has 3 unspecified atom stereocenters. The smallest absolute Gasteiger partial charge is 0.0898 e. The van der Waals surface area contributed by atoms with Crippen LogP contribution in [0.1, 0.15) is 36.9 Å². The molecule has 4 heteroatoms. The van der Waals surface area contributed by atoms with Gasteiger partial charge in [-0.15, -0.1) is 0 Å². The molecule has 0 saturated heterocycles. The second kappa shape index (κ2) is 8.49. The van der Waals surface area contributed by atoms with Gasteiger partial charge in [-0.25, -0.2) is 0 Å². The number of aliphatic hydroxyl groups is 1. The van der Waals surface area contributed by atoms with Gasteiger partial charge in [0.15, 0.2) is 0 Å². The highest BCUT2D eigenvalue weighted by Crippen LogP contribution is 2.29. The van der Waals surface area contributed by atoms with Crippen LogP contribution in [-0.4, -0.2) is 44.2 Å². The molecule has 1 aromatic rings. The molecule has 0 saturated carbocycles. The van der Waals surface area contributed by atoms with Crippen molar-refractivity contribution in [3.05, 3.63) is 35.4 Å². The molecule has 0 aliphatic heterocycles. The van der Waals surface area contributed by atoms with E-state index in [9.17, 15) is 5.11 Å². The first kappa shape index (κ1) is 16.4. The number of aryl methyl sites for hydroxylation is 1. The van der Waals surface area contributed by atoms with Crippen molar-refractivity contribution in [3.63, 3.8) is 0 Å². The van der Waals surface area contributed by atoms with Gasteiger partial charge in [0, 0.05) is 19.7 Å². The number of nitrogens with one attached hydrogen (secondary N) is 1. The Bertz CT molecular complexity index is 424. The third-order valence-corrected chi connectivity index (χ3v) is 3.94. The van der Waals surface area contributed by atoms with Crippen LogP contribution in [0.5, 0.6) is 0 Å². The molecule has 2 rings (SSSR count). The van der Waals surface area contributed by atoms with E-state index in [0.717, 1.165) is 12.8 Å². The minimum atomic E-state index is -0.488. The first-order valence-electron chi connectivity index (χ1n) is 7.80. The normalized spacial score (nSPS) is 20.8. The fourth-order valence-electron chi connectivity index (χ4n) is 2.86. The number of hydrogen-bond donors (Lipinski definition) is 2. The Balaban J connectivity index is 1.76. The zero-order valence-electron chi connectivity index (χ0n) is 13.0. The molecule has 1 aliphatic rings. The van der Waals surface area contributed by atoms with Crippen LogP contribution in [0.15, 0.2) is 24.3 Å². The van der Waals surface area contributed by atoms with Crippen LogP contribution in [0.4, 0.5) is 0 Å². The average Bonchev–Trinajstić information content (AvgIpc) is 2.51. The van der Waals surface area contributed by atoms with Crippen LogP contribution in [0, 0.1) is 0 Å². The quantitative estimate of drug-likeness (QED) is 0.770. The Morgan fingerprint density at radius 3 is 2.95 bits per heavy atom. The van der Waals surface area contributed by atoms with Gasteiger partial charge >= 0.3 is 0 Å². The topological polar surface area (TPSA) is 50.7 Å². The molecule has 0 spiro atoms. The zero-order valence-corrected chi connectivity index (χ0v) is 13.0. The van der Waals surface area contributed by atoms with E-state index in [0.29, 0.717) is 25.8 Å². The lowest BCUT2D eigenvalue weighted by Gasteiger charge is -2.27. The summed E-state index contributed by atoms with van der Waals surface area (Å²) in [7, 11) is 1.65. The molecule has 0 amide bonds. The van der Waals surface area contributed by atoms with Gasteiger partial charge in [0.25, 0.3) is 0 Å². The third-order valence-electron chi connectivity index (χ3n) is 3.94. The number of fused-ring (bicyclic) bond motifs is 1. The van der Waals surface area contributed by atoms with Gasteiger partial charge in [-0.1, -0.05) is 24.3 Å². The molecule has 118 valence electrons. The van der Waals surface area contributed by atoms with E-state index >= 15 is 0 Å². The summed E-state index contributed by atoms with van der Waals surface area (Å²) in [6.45, 7) is 3.39. The molecular formula is C17H27NO3. The molecule has 4 nitrogen and oxygen atoms in total. The fraction of sp³-hybridized carbons (Fsp3) is 0.647. The van der Waals surface area contributed by atoms with Crippen molar-refractivity contribution < 1.29 is 14.6 Å². The van der Waals surface area contributed by atoms with Gasteiger partial charge in [-0.3, -0.25) is 0 Å². The van der Waals surface area contributed by atoms with E-state index in [1.807, 2.05) is 6.92 Å². The van der Waals surface area contributed by atoms with E-state index in [2.05, 4.69) is 29.6 Å². The van der Waals surface area contributed by atoms with Crippen molar-refractivity contribution in [2.45, 2.75) is 44.4 Å². The number of methoxy groups -OCH3 is 1. The number of benzene rings is 1. The molecule has 0 radical (unpaired) electrons. The summed E-state index contributed by atoms with van der Waals surface area (Å²) in [6, 6.07) is 8.93. The summed E-state index contributed by atoms with van der Waals surface area (Å²) >= 11 is 0. The van der Waals surface area contributed by atoms with Crippen LogP contribution in [0.25, 0.3) is 0 Å². The minimum absolute atomic E-state index is 0.0139. The van der Waals surface area contributed by atoms with Crippen LogP contribution in [-0.2, 0) is 15.9 Å². The molecule has 2 N–H and O–H groups in total. The molecule has 0 heterocycles. The van der Waals surface area contributed by atoms with Gasteiger partial charge in [0.05, 0.1) is 25.4 Å². The first-order valence-corrected chi connectivity index (χ1v) is 7.80. The number of hydrogen-bond acceptors (Lipinski definition) is 4. The first-order chi connectivity index (χ1) is 10.2. The Labute approximate surface area is 127 Å².